The first-order chi connectivity index (χ1) is 45.0. The van der Waals surface area contributed by atoms with Crippen LogP contribution < -0.4 is 0 Å². The lowest BCUT2D eigenvalue weighted by atomic mass is 10.0. The third-order valence-corrected chi connectivity index (χ3v) is 16.5. The largest absolute Gasteiger partial charge is 0.472 e. The predicted octanol–water partition coefficient (Wildman–Crippen LogP) is 24.7. The third kappa shape index (κ3) is 74.7. The van der Waals surface area contributed by atoms with Gasteiger partial charge < -0.3 is 18.9 Å². The van der Waals surface area contributed by atoms with E-state index in [1.807, 2.05) is 21.1 Å². The SMILES string of the molecule is CC/C=C\C/C=C\C/C=C\C/C=C\C/C=C\C/C=C\C/C=C\C/C=C\CCCCC(=O)OC(COC(=O)CCCCCCCCCCCCCCCCCCCCCCCCCCC/C=C\C/C=C\C/C=C\C/C=C\C/C=C\CC)COP(=O)(O)OCC[N+](C)(C)C. The van der Waals surface area contributed by atoms with E-state index < -0.39 is 26.5 Å². The first-order valence-corrected chi connectivity index (χ1v) is 38.7. The summed E-state index contributed by atoms with van der Waals surface area (Å²) in [6.07, 6.45) is 107. The van der Waals surface area contributed by atoms with Gasteiger partial charge in [-0.2, -0.15) is 0 Å². The Labute approximate surface area is 566 Å². The molecular formula is C82H139NO8P+. The summed E-state index contributed by atoms with van der Waals surface area (Å²) in [5.74, 6) is -0.849. The zero-order valence-electron chi connectivity index (χ0n) is 59.7. The van der Waals surface area contributed by atoms with Crippen molar-refractivity contribution >= 4 is 19.8 Å². The second-order valence-corrected chi connectivity index (χ2v) is 27.0. The molecule has 0 rings (SSSR count). The van der Waals surface area contributed by atoms with E-state index in [1.54, 1.807) is 0 Å². The molecule has 0 aliphatic carbocycles. The van der Waals surface area contributed by atoms with Crippen molar-refractivity contribution in [2.45, 2.75) is 302 Å². The van der Waals surface area contributed by atoms with Gasteiger partial charge in [-0.05, 0) is 122 Å². The van der Waals surface area contributed by atoms with Crippen molar-refractivity contribution in [3.63, 3.8) is 0 Å². The summed E-state index contributed by atoms with van der Waals surface area (Å²) in [6, 6.07) is 0. The van der Waals surface area contributed by atoms with E-state index in [-0.39, 0.29) is 32.0 Å². The number of likely N-dealkylation sites (N-methyl/N-ethyl adjacent to an activating group) is 1. The van der Waals surface area contributed by atoms with Crippen LogP contribution in [0, 0.1) is 0 Å². The van der Waals surface area contributed by atoms with Crippen LogP contribution in [0.1, 0.15) is 296 Å². The molecule has 92 heavy (non-hydrogen) atoms. The standard InChI is InChI=1S/C82H138NO8P/c1-6-8-10-12-14-16-18-20-22-24-26-28-30-32-34-35-36-37-38-39-40-41-42-43-44-45-46-47-49-50-52-54-56-58-60-62-64-66-68-70-72-74-81(84)88-78-80(79-90-92(86,87)89-77-76-83(3,4)5)91-82(85)75-73-71-69-67-65-63-61-59-57-55-53-51-48-33-31-29-27-25-23-21-19-17-15-13-11-9-7-2/h8-11,14-17,20-23,26-29,32-34,48,53,55,59,61,65,67,80H,6-7,12-13,18-19,24-25,30-31,35-47,49-52,54,56-58,60,62-64,66,68-79H2,1-5H3/p+1/b10-8-,11-9-,16-14-,17-15-,22-20-,23-21-,28-26-,29-27-,34-32-,48-33-,55-53-,61-59-,67-65-. The lowest BCUT2D eigenvalue weighted by Crippen LogP contribution is -2.37. The van der Waals surface area contributed by atoms with Crippen molar-refractivity contribution in [3.05, 3.63) is 158 Å². The minimum absolute atomic E-state index is 0.0167. The molecule has 0 saturated carbocycles. The summed E-state index contributed by atoms with van der Waals surface area (Å²) >= 11 is 0. The van der Waals surface area contributed by atoms with Crippen LogP contribution in [0.5, 0.6) is 0 Å². The fraction of sp³-hybridized carbons (Fsp3) is 0.659. The Bertz CT molecular complexity index is 2110. The molecule has 0 heterocycles. The molecule has 0 bridgehead atoms. The van der Waals surface area contributed by atoms with Crippen molar-refractivity contribution in [1.82, 2.24) is 0 Å². The van der Waals surface area contributed by atoms with Crippen molar-refractivity contribution in [1.29, 1.82) is 0 Å². The quantitative estimate of drug-likeness (QED) is 0.0211. The fourth-order valence-electron chi connectivity index (χ4n) is 9.94. The number of esters is 2. The highest BCUT2D eigenvalue weighted by Gasteiger charge is 2.27. The van der Waals surface area contributed by atoms with Crippen LogP contribution in [0.4, 0.5) is 0 Å². The average Bonchev–Trinajstić information content (AvgIpc) is 2.14. The topological polar surface area (TPSA) is 108 Å². The molecule has 0 spiro atoms. The van der Waals surface area contributed by atoms with Gasteiger partial charge in [0.05, 0.1) is 27.7 Å². The van der Waals surface area contributed by atoms with Crippen LogP contribution in [-0.4, -0.2) is 74.9 Å². The number of allylic oxidation sites excluding steroid dienone is 26. The highest BCUT2D eigenvalue weighted by atomic mass is 31.2. The molecule has 0 fully saturated rings. The van der Waals surface area contributed by atoms with Gasteiger partial charge in [-0.1, -0.05) is 320 Å². The van der Waals surface area contributed by atoms with Gasteiger partial charge in [-0.25, -0.2) is 4.57 Å². The van der Waals surface area contributed by atoms with E-state index >= 15 is 0 Å². The molecule has 0 radical (unpaired) electrons. The maximum Gasteiger partial charge on any atom is 0.472 e. The average molecular weight is 1300 g/mol. The van der Waals surface area contributed by atoms with Gasteiger partial charge in [0.1, 0.15) is 19.8 Å². The van der Waals surface area contributed by atoms with Crippen LogP contribution in [0.25, 0.3) is 0 Å². The van der Waals surface area contributed by atoms with Crippen molar-refractivity contribution in [2.75, 3.05) is 47.5 Å². The molecule has 524 valence electrons. The van der Waals surface area contributed by atoms with Crippen molar-refractivity contribution in [2.24, 2.45) is 0 Å². The van der Waals surface area contributed by atoms with E-state index in [2.05, 4.69) is 172 Å². The second kappa shape index (κ2) is 70.9. The van der Waals surface area contributed by atoms with Gasteiger partial charge in [0, 0.05) is 12.8 Å². The number of phosphoric ester groups is 1. The lowest BCUT2D eigenvalue weighted by Gasteiger charge is -2.24. The number of hydrogen-bond donors (Lipinski definition) is 1. The Morgan fingerprint density at radius 2 is 0.587 bits per heavy atom. The van der Waals surface area contributed by atoms with E-state index in [0.29, 0.717) is 17.4 Å². The summed E-state index contributed by atoms with van der Waals surface area (Å²) in [6.45, 7) is 4.16. The number of nitrogens with zero attached hydrogens (tertiary/aromatic N) is 1. The Balaban J connectivity index is 4.02. The van der Waals surface area contributed by atoms with Crippen LogP contribution >= 0.6 is 7.82 Å². The van der Waals surface area contributed by atoms with Crippen molar-refractivity contribution in [3.8, 4) is 0 Å². The highest BCUT2D eigenvalue weighted by molar-refractivity contribution is 7.47. The molecule has 0 amide bonds. The molecule has 0 saturated heterocycles. The summed E-state index contributed by atoms with van der Waals surface area (Å²) in [4.78, 5) is 35.9. The van der Waals surface area contributed by atoms with Gasteiger partial charge in [0.25, 0.3) is 0 Å². The van der Waals surface area contributed by atoms with Crippen LogP contribution in [0.2, 0.25) is 0 Å². The third-order valence-electron chi connectivity index (χ3n) is 15.6. The maximum atomic E-state index is 12.9. The van der Waals surface area contributed by atoms with E-state index in [4.69, 9.17) is 18.5 Å². The molecule has 10 heteroatoms. The molecule has 0 aliphatic heterocycles. The van der Waals surface area contributed by atoms with E-state index in [1.165, 1.54) is 148 Å². The molecule has 0 aromatic heterocycles. The maximum absolute atomic E-state index is 12.9. The number of carbonyl (C=O) groups is 2. The fourth-order valence-corrected chi connectivity index (χ4v) is 10.7. The number of ether oxygens (including phenoxy) is 2. The van der Waals surface area contributed by atoms with Gasteiger partial charge in [0.2, 0.25) is 0 Å². The molecule has 9 nitrogen and oxygen atoms in total. The number of carbonyl (C=O) groups excluding carboxylic acids is 2. The monoisotopic (exact) mass is 1300 g/mol. The van der Waals surface area contributed by atoms with Crippen LogP contribution in [0.15, 0.2) is 158 Å². The number of hydrogen-bond acceptors (Lipinski definition) is 7. The normalized spacial score (nSPS) is 14.0. The second-order valence-electron chi connectivity index (χ2n) is 25.6. The Morgan fingerprint density at radius 3 is 0.891 bits per heavy atom. The summed E-state index contributed by atoms with van der Waals surface area (Å²) < 4.78 is 34.7. The van der Waals surface area contributed by atoms with E-state index in [9.17, 15) is 19.0 Å². The summed E-state index contributed by atoms with van der Waals surface area (Å²) in [5.41, 5.74) is 0. The molecule has 2 unspecified atom stereocenters. The minimum Gasteiger partial charge on any atom is -0.462 e. The number of quaternary nitrogens is 1. The minimum atomic E-state index is -4.41. The van der Waals surface area contributed by atoms with E-state index in [0.717, 1.165) is 116 Å². The highest BCUT2D eigenvalue weighted by Crippen LogP contribution is 2.43. The zero-order chi connectivity index (χ0) is 66.9. The van der Waals surface area contributed by atoms with Crippen LogP contribution in [-0.2, 0) is 32.7 Å². The molecule has 1 N–H and O–H groups in total. The molecule has 0 aliphatic rings. The first kappa shape index (κ1) is 87.6. The smallest absolute Gasteiger partial charge is 0.462 e. The van der Waals surface area contributed by atoms with Gasteiger partial charge >= 0.3 is 19.8 Å². The van der Waals surface area contributed by atoms with Gasteiger partial charge in [0.15, 0.2) is 6.10 Å². The van der Waals surface area contributed by atoms with Gasteiger partial charge in [-0.3, -0.25) is 18.6 Å². The Morgan fingerprint density at radius 1 is 0.337 bits per heavy atom. The number of rotatable bonds is 67. The Kier molecular flexibility index (Phi) is 67.6. The zero-order valence-corrected chi connectivity index (χ0v) is 60.6. The molecular weight excluding hydrogens is 1160 g/mol. The Hall–Kier alpha value is -4.37. The van der Waals surface area contributed by atoms with Crippen LogP contribution in [0.3, 0.4) is 0 Å². The van der Waals surface area contributed by atoms with Crippen molar-refractivity contribution < 1.29 is 42.1 Å². The summed E-state index contributed by atoms with van der Waals surface area (Å²) in [5, 5.41) is 0. The molecule has 0 aromatic carbocycles. The summed E-state index contributed by atoms with van der Waals surface area (Å²) in [7, 11) is 1.44. The number of unbranched alkanes of at least 4 members (excludes halogenated alkanes) is 27. The van der Waals surface area contributed by atoms with Gasteiger partial charge in [-0.15, -0.1) is 0 Å². The predicted molar refractivity (Wildman–Crippen MR) is 399 cm³/mol. The lowest BCUT2D eigenvalue weighted by molar-refractivity contribution is -0.870. The molecule has 0 aromatic rings. The first-order valence-electron chi connectivity index (χ1n) is 37.2. The number of phosphoric acid groups is 1. The molecule has 2 atom stereocenters.